The first-order valence-corrected chi connectivity index (χ1v) is 8.42. The van der Waals surface area contributed by atoms with E-state index in [0.717, 1.165) is 38.6 Å². The molecule has 1 saturated heterocycles. The zero-order valence-electron chi connectivity index (χ0n) is 14.2. The van der Waals surface area contributed by atoms with Crippen molar-refractivity contribution in [2.75, 3.05) is 6.54 Å². The minimum absolute atomic E-state index is 0.0717. The fourth-order valence-corrected chi connectivity index (χ4v) is 3.29. The van der Waals surface area contributed by atoms with E-state index in [2.05, 4.69) is 18.8 Å². The van der Waals surface area contributed by atoms with E-state index in [1.807, 2.05) is 4.90 Å². The number of carboxylic acids is 1. The first-order chi connectivity index (χ1) is 10.9. The molecule has 0 aliphatic carbocycles. The van der Waals surface area contributed by atoms with Crippen molar-refractivity contribution in [2.24, 2.45) is 5.92 Å². The van der Waals surface area contributed by atoms with Crippen LogP contribution in [0, 0.1) is 12.8 Å². The maximum absolute atomic E-state index is 12.9. The number of carboxylic acid groups (broad SMARTS) is 1. The van der Waals surface area contributed by atoms with Crippen molar-refractivity contribution in [1.82, 2.24) is 9.88 Å². The van der Waals surface area contributed by atoms with E-state index in [4.69, 9.17) is 5.11 Å². The highest BCUT2D eigenvalue weighted by Gasteiger charge is 2.28. The molecule has 1 aliphatic rings. The number of hydrogen-bond donors (Lipinski definition) is 1. The van der Waals surface area contributed by atoms with Gasteiger partial charge >= 0.3 is 5.97 Å². The summed E-state index contributed by atoms with van der Waals surface area (Å²) in [6, 6.07) is 3.27. The highest BCUT2D eigenvalue weighted by molar-refractivity contribution is 5.94. The Morgan fingerprint density at radius 1 is 1.30 bits per heavy atom. The molecule has 1 aromatic heterocycles. The molecule has 0 aromatic carbocycles. The van der Waals surface area contributed by atoms with Gasteiger partial charge in [-0.3, -0.25) is 4.79 Å². The monoisotopic (exact) mass is 318 g/mol. The number of amides is 1. The molecule has 0 radical (unpaired) electrons. The summed E-state index contributed by atoms with van der Waals surface area (Å²) in [5.74, 6) is -0.545. The van der Waals surface area contributed by atoms with Gasteiger partial charge in [0, 0.05) is 12.6 Å². The molecule has 23 heavy (non-hydrogen) atoms. The molecule has 1 amide bonds. The molecule has 126 valence electrons. The van der Waals surface area contributed by atoms with Gasteiger partial charge in [0.25, 0.3) is 5.91 Å². The summed E-state index contributed by atoms with van der Waals surface area (Å²) in [7, 11) is 0. The number of carbonyl (C=O) groups excluding carboxylic acids is 1. The summed E-state index contributed by atoms with van der Waals surface area (Å²) < 4.78 is 0. The smallest absolute Gasteiger partial charge is 0.337 e. The van der Waals surface area contributed by atoms with E-state index in [1.165, 1.54) is 12.1 Å². The number of aryl methyl sites for hydroxylation is 1. The number of carbonyl (C=O) groups is 2. The predicted molar refractivity (Wildman–Crippen MR) is 88.7 cm³/mol. The molecule has 5 nitrogen and oxygen atoms in total. The minimum Gasteiger partial charge on any atom is -0.478 e. The molecule has 1 N–H and O–H groups in total. The molecule has 2 rings (SSSR count). The van der Waals surface area contributed by atoms with Crippen LogP contribution in [0.5, 0.6) is 0 Å². The molecule has 0 spiro atoms. The normalized spacial score (nSPS) is 18.8. The van der Waals surface area contributed by atoms with Gasteiger partial charge in [-0.1, -0.05) is 26.7 Å². The summed E-state index contributed by atoms with van der Waals surface area (Å²) in [5.41, 5.74) is 0.887. The van der Waals surface area contributed by atoms with Crippen molar-refractivity contribution in [2.45, 2.75) is 58.9 Å². The van der Waals surface area contributed by atoms with Gasteiger partial charge < -0.3 is 10.0 Å². The summed E-state index contributed by atoms with van der Waals surface area (Å²) in [5, 5.41) is 9.09. The van der Waals surface area contributed by atoms with Gasteiger partial charge in [-0.05, 0) is 44.2 Å². The van der Waals surface area contributed by atoms with Crippen molar-refractivity contribution in [3.63, 3.8) is 0 Å². The maximum atomic E-state index is 12.9. The van der Waals surface area contributed by atoms with Crippen molar-refractivity contribution < 1.29 is 14.7 Å². The van der Waals surface area contributed by atoms with Crippen LogP contribution in [0.25, 0.3) is 0 Å². The van der Waals surface area contributed by atoms with Crippen molar-refractivity contribution in [3.05, 3.63) is 29.1 Å². The minimum atomic E-state index is -1.01. The molecule has 1 atom stereocenters. The lowest BCUT2D eigenvalue weighted by Crippen LogP contribution is -2.41. The lowest BCUT2D eigenvalue weighted by molar-refractivity contribution is 0.0649. The van der Waals surface area contributed by atoms with E-state index < -0.39 is 5.97 Å². The molecule has 5 heteroatoms. The van der Waals surface area contributed by atoms with E-state index in [0.29, 0.717) is 17.3 Å². The topological polar surface area (TPSA) is 70.5 Å². The number of rotatable bonds is 4. The van der Waals surface area contributed by atoms with Crippen LogP contribution in [0.1, 0.15) is 72.5 Å². The molecule has 1 aliphatic heterocycles. The third-order valence-corrected chi connectivity index (χ3v) is 4.42. The standard InChI is InChI=1S/C18H26N2O3/c1-12(2)11-14-7-5-4-6-10-20(14)17(21)16-9-8-15(18(22)23)13(3)19-16/h8-9,12,14H,4-7,10-11H2,1-3H3,(H,22,23). The highest BCUT2D eigenvalue weighted by atomic mass is 16.4. The zero-order valence-corrected chi connectivity index (χ0v) is 14.2. The van der Waals surface area contributed by atoms with Gasteiger partial charge in [-0.15, -0.1) is 0 Å². The quantitative estimate of drug-likeness (QED) is 0.922. The lowest BCUT2D eigenvalue weighted by Gasteiger charge is -2.31. The first kappa shape index (κ1) is 17.4. The average Bonchev–Trinajstić information content (AvgIpc) is 2.70. The Hall–Kier alpha value is -1.91. The summed E-state index contributed by atoms with van der Waals surface area (Å²) in [6.45, 7) is 6.75. The van der Waals surface area contributed by atoms with Crippen molar-refractivity contribution >= 4 is 11.9 Å². The van der Waals surface area contributed by atoms with Crippen molar-refractivity contribution in [1.29, 1.82) is 0 Å². The van der Waals surface area contributed by atoms with Crippen LogP contribution in [0.15, 0.2) is 12.1 Å². The number of nitrogens with zero attached hydrogens (tertiary/aromatic N) is 2. The molecule has 1 aromatic rings. The highest BCUT2D eigenvalue weighted by Crippen LogP contribution is 2.24. The van der Waals surface area contributed by atoms with Gasteiger partial charge in [-0.25, -0.2) is 9.78 Å². The third-order valence-electron chi connectivity index (χ3n) is 4.42. The van der Waals surface area contributed by atoms with Crippen LogP contribution >= 0.6 is 0 Å². The second-order valence-corrected chi connectivity index (χ2v) is 6.77. The van der Waals surface area contributed by atoms with Crippen LogP contribution in [0.4, 0.5) is 0 Å². The fraction of sp³-hybridized carbons (Fsp3) is 0.611. The number of pyridine rings is 1. The number of aromatic carboxylic acids is 1. The van der Waals surface area contributed by atoms with E-state index in [1.54, 1.807) is 6.92 Å². The molecule has 2 heterocycles. The molecule has 1 fully saturated rings. The van der Waals surface area contributed by atoms with Gasteiger partial charge in [-0.2, -0.15) is 0 Å². The Bertz CT molecular complexity index is 584. The SMILES string of the molecule is Cc1nc(C(=O)N2CCCCCC2CC(C)C)ccc1C(=O)O. The van der Waals surface area contributed by atoms with E-state index >= 15 is 0 Å². The maximum Gasteiger partial charge on any atom is 0.337 e. The Morgan fingerprint density at radius 2 is 2.04 bits per heavy atom. The number of hydrogen-bond acceptors (Lipinski definition) is 3. The largest absolute Gasteiger partial charge is 0.478 e. The predicted octanol–water partition coefficient (Wildman–Crippen LogP) is 3.52. The summed E-state index contributed by atoms with van der Waals surface area (Å²) in [4.78, 5) is 30.2. The summed E-state index contributed by atoms with van der Waals surface area (Å²) in [6.07, 6.45) is 5.37. The van der Waals surface area contributed by atoms with Crippen molar-refractivity contribution in [3.8, 4) is 0 Å². The van der Waals surface area contributed by atoms with Crippen LogP contribution in [0.2, 0.25) is 0 Å². The van der Waals surface area contributed by atoms with Gasteiger partial charge in [0.2, 0.25) is 0 Å². The molecule has 0 saturated carbocycles. The summed E-state index contributed by atoms with van der Waals surface area (Å²) >= 11 is 0. The number of likely N-dealkylation sites (tertiary alicyclic amines) is 1. The van der Waals surface area contributed by atoms with Crippen LogP contribution < -0.4 is 0 Å². The second kappa shape index (κ2) is 7.57. The Labute approximate surface area is 137 Å². The lowest BCUT2D eigenvalue weighted by atomic mass is 9.98. The van der Waals surface area contributed by atoms with Gasteiger partial charge in [0.05, 0.1) is 11.3 Å². The van der Waals surface area contributed by atoms with Gasteiger partial charge in [0.15, 0.2) is 0 Å². The van der Waals surface area contributed by atoms with Crippen LogP contribution in [0.3, 0.4) is 0 Å². The third kappa shape index (κ3) is 4.30. The first-order valence-electron chi connectivity index (χ1n) is 8.42. The Kier molecular flexibility index (Phi) is 5.74. The Balaban J connectivity index is 2.25. The Morgan fingerprint density at radius 3 is 2.65 bits per heavy atom. The molecule has 1 unspecified atom stereocenters. The average molecular weight is 318 g/mol. The zero-order chi connectivity index (χ0) is 17.0. The molecular weight excluding hydrogens is 292 g/mol. The van der Waals surface area contributed by atoms with E-state index in [9.17, 15) is 9.59 Å². The fourth-order valence-electron chi connectivity index (χ4n) is 3.29. The molecule has 0 bridgehead atoms. The number of aromatic nitrogens is 1. The van der Waals surface area contributed by atoms with Gasteiger partial charge in [0.1, 0.15) is 5.69 Å². The van der Waals surface area contributed by atoms with E-state index in [-0.39, 0.29) is 17.5 Å². The molecular formula is C18H26N2O3. The van der Waals surface area contributed by atoms with Crippen LogP contribution in [-0.2, 0) is 0 Å². The van der Waals surface area contributed by atoms with Crippen LogP contribution in [-0.4, -0.2) is 39.5 Å². The second-order valence-electron chi connectivity index (χ2n) is 6.77.